The maximum atomic E-state index is 12.3. The van der Waals surface area contributed by atoms with E-state index in [9.17, 15) is 49.2 Å². The predicted molar refractivity (Wildman–Crippen MR) is 150 cm³/mol. The number of rotatable bonds is 13. The standard InChI is InChI=1S/C29H31N5O11/c35-24-7-8-25(36)34(24)9-2-10-45-23-6-5-19-15-32(21(28(41)42)11-26(37)38)13-17-3-1-4-18(30-17)14-33(16-20(23)31-19)22(29(43)44)12-27(39)40/h1,3-8,21-22H,2,9-16H2,(H,37,38)(H,39,40)(H,41,42)(H,43,44)/t21-,22-/m1/s1. The Labute approximate surface area is 256 Å². The van der Waals surface area contributed by atoms with Crippen LogP contribution >= 0.6 is 0 Å². The first kappa shape index (κ1) is 32.7. The van der Waals surface area contributed by atoms with Gasteiger partial charge in [0, 0.05) is 44.9 Å². The first-order valence-corrected chi connectivity index (χ1v) is 13.9. The molecule has 4 rings (SSSR count). The van der Waals surface area contributed by atoms with Crippen LogP contribution in [-0.2, 0) is 54.9 Å². The molecular formula is C29H31N5O11. The molecule has 2 aliphatic heterocycles. The van der Waals surface area contributed by atoms with E-state index < -0.39 is 60.6 Å². The molecule has 0 fully saturated rings. The number of nitrogens with zero attached hydrogens (tertiary/aromatic N) is 5. The molecule has 0 spiro atoms. The van der Waals surface area contributed by atoms with E-state index in [2.05, 4.69) is 9.97 Å². The molecule has 0 aliphatic carbocycles. The minimum absolute atomic E-state index is 0.0397. The van der Waals surface area contributed by atoms with Crippen molar-refractivity contribution in [2.75, 3.05) is 13.2 Å². The summed E-state index contributed by atoms with van der Waals surface area (Å²) in [6, 6.07) is 5.06. The SMILES string of the molecule is O=C(O)C[C@H](C(=O)O)N1Cc2cccc(n2)CN([C@H](CC(=O)O)C(=O)O)Cc2nc(ccc2OCCCN2C(=O)C=CC2=O)C1. The van der Waals surface area contributed by atoms with Crippen LogP contribution < -0.4 is 4.74 Å². The summed E-state index contributed by atoms with van der Waals surface area (Å²) in [5.41, 5.74) is 1.28. The molecular weight excluding hydrogens is 594 g/mol. The second-order valence-electron chi connectivity index (χ2n) is 10.4. The predicted octanol–water partition coefficient (Wildman–Crippen LogP) is 0.344. The molecule has 4 N–H and O–H groups in total. The Morgan fingerprint density at radius 1 is 0.733 bits per heavy atom. The first-order chi connectivity index (χ1) is 21.4. The molecule has 45 heavy (non-hydrogen) atoms. The van der Waals surface area contributed by atoms with E-state index in [1.54, 1.807) is 30.3 Å². The summed E-state index contributed by atoms with van der Waals surface area (Å²) in [6.45, 7) is -0.385. The molecule has 16 nitrogen and oxygen atoms in total. The number of fused-ring (bicyclic) bond motifs is 4. The van der Waals surface area contributed by atoms with E-state index in [0.717, 1.165) is 4.90 Å². The fraction of sp³-hybridized carbons (Fsp3) is 0.379. The highest BCUT2D eigenvalue weighted by Crippen LogP contribution is 2.25. The highest BCUT2D eigenvalue weighted by Gasteiger charge is 2.32. The minimum atomic E-state index is -1.47. The highest BCUT2D eigenvalue weighted by molar-refractivity contribution is 6.12. The lowest BCUT2D eigenvalue weighted by Crippen LogP contribution is -2.43. The van der Waals surface area contributed by atoms with Crippen molar-refractivity contribution in [1.29, 1.82) is 0 Å². The lowest BCUT2D eigenvalue weighted by molar-refractivity contribution is -0.150. The van der Waals surface area contributed by atoms with Crippen LogP contribution in [0.25, 0.3) is 0 Å². The molecule has 0 saturated heterocycles. The quantitative estimate of drug-likeness (QED) is 0.174. The van der Waals surface area contributed by atoms with Crippen molar-refractivity contribution in [3.63, 3.8) is 0 Å². The number of ether oxygens (including phenoxy) is 1. The van der Waals surface area contributed by atoms with Crippen molar-refractivity contribution >= 4 is 35.7 Å². The molecule has 2 aromatic rings. The van der Waals surface area contributed by atoms with Crippen LogP contribution in [0.15, 0.2) is 42.5 Å². The summed E-state index contributed by atoms with van der Waals surface area (Å²) in [5.74, 6) is -6.03. The van der Waals surface area contributed by atoms with Gasteiger partial charge in [0.15, 0.2) is 0 Å². The number of carboxylic acids is 4. The van der Waals surface area contributed by atoms with Gasteiger partial charge in [0.25, 0.3) is 11.8 Å². The number of hydrogen-bond donors (Lipinski definition) is 4. The van der Waals surface area contributed by atoms with Crippen LogP contribution in [0.1, 0.15) is 42.0 Å². The van der Waals surface area contributed by atoms with E-state index in [4.69, 9.17) is 4.74 Å². The van der Waals surface area contributed by atoms with Crippen LogP contribution in [-0.4, -0.2) is 106 Å². The molecule has 4 heterocycles. The Morgan fingerprint density at radius 3 is 1.76 bits per heavy atom. The van der Waals surface area contributed by atoms with Crippen LogP contribution in [0.2, 0.25) is 0 Å². The number of imide groups is 1. The summed E-state index contributed by atoms with van der Waals surface area (Å²) in [4.78, 5) is 84.2. The second-order valence-corrected chi connectivity index (χ2v) is 10.4. The third kappa shape index (κ3) is 8.67. The van der Waals surface area contributed by atoms with Crippen molar-refractivity contribution in [3.05, 3.63) is 65.3 Å². The number of pyridine rings is 2. The number of carbonyl (C=O) groups excluding carboxylic acids is 2. The van der Waals surface area contributed by atoms with Gasteiger partial charge in [-0.25, -0.2) is 0 Å². The average molecular weight is 626 g/mol. The maximum absolute atomic E-state index is 12.3. The van der Waals surface area contributed by atoms with Gasteiger partial charge in [0.2, 0.25) is 0 Å². The molecule has 238 valence electrons. The number of carboxylic acid groups (broad SMARTS) is 4. The van der Waals surface area contributed by atoms with E-state index in [1.807, 2.05) is 0 Å². The van der Waals surface area contributed by atoms with Gasteiger partial charge in [-0.05, 0) is 30.7 Å². The lowest BCUT2D eigenvalue weighted by Gasteiger charge is -2.31. The highest BCUT2D eigenvalue weighted by atomic mass is 16.5. The Kier molecular flexibility index (Phi) is 10.5. The van der Waals surface area contributed by atoms with E-state index >= 15 is 0 Å². The molecule has 2 atom stereocenters. The maximum Gasteiger partial charge on any atom is 0.321 e. The molecule has 2 amide bonds. The summed E-state index contributed by atoms with van der Waals surface area (Å²) >= 11 is 0. The Morgan fingerprint density at radius 2 is 1.24 bits per heavy atom. The van der Waals surface area contributed by atoms with Gasteiger partial charge in [0.05, 0.1) is 42.2 Å². The van der Waals surface area contributed by atoms with E-state index in [-0.39, 0.29) is 57.2 Å². The van der Waals surface area contributed by atoms with Gasteiger partial charge in [0.1, 0.15) is 17.8 Å². The summed E-state index contributed by atoms with van der Waals surface area (Å²) in [6.07, 6.45) is 1.19. The molecule has 0 unspecified atom stereocenters. The molecule has 0 aromatic carbocycles. The third-order valence-corrected chi connectivity index (χ3v) is 7.17. The first-order valence-electron chi connectivity index (χ1n) is 13.9. The van der Waals surface area contributed by atoms with Crippen molar-refractivity contribution in [1.82, 2.24) is 24.7 Å². The summed E-state index contributed by atoms with van der Waals surface area (Å²) < 4.78 is 5.93. The normalized spacial score (nSPS) is 16.8. The smallest absolute Gasteiger partial charge is 0.321 e. The zero-order valence-corrected chi connectivity index (χ0v) is 23.9. The van der Waals surface area contributed by atoms with E-state index in [1.165, 1.54) is 22.0 Å². The molecule has 4 bridgehead atoms. The van der Waals surface area contributed by atoms with Crippen molar-refractivity contribution in [3.8, 4) is 5.75 Å². The van der Waals surface area contributed by atoms with Gasteiger partial charge < -0.3 is 25.2 Å². The fourth-order valence-electron chi connectivity index (χ4n) is 5.07. The topological polar surface area (TPSA) is 228 Å². The van der Waals surface area contributed by atoms with Crippen molar-refractivity contribution in [2.45, 2.75) is 57.5 Å². The summed E-state index contributed by atoms with van der Waals surface area (Å²) in [7, 11) is 0. The Balaban J connectivity index is 1.70. The molecule has 0 saturated carbocycles. The number of hydrogen-bond acceptors (Lipinski definition) is 11. The zero-order valence-electron chi connectivity index (χ0n) is 23.9. The third-order valence-electron chi connectivity index (χ3n) is 7.17. The monoisotopic (exact) mass is 625 g/mol. The van der Waals surface area contributed by atoms with E-state index in [0.29, 0.717) is 17.1 Å². The molecule has 2 aromatic heterocycles. The number of aromatic nitrogens is 2. The van der Waals surface area contributed by atoms with Crippen LogP contribution in [0.4, 0.5) is 0 Å². The van der Waals surface area contributed by atoms with Crippen LogP contribution in [0.5, 0.6) is 5.75 Å². The van der Waals surface area contributed by atoms with Crippen LogP contribution in [0, 0.1) is 0 Å². The molecule has 2 aliphatic rings. The second kappa shape index (κ2) is 14.5. The van der Waals surface area contributed by atoms with Crippen molar-refractivity contribution in [2.24, 2.45) is 0 Å². The van der Waals surface area contributed by atoms with Gasteiger partial charge in [-0.15, -0.1) is 0 Å². The van der Waals surface area contributed by atoms with Crippen LogP contribution in [0.3, 0.4) is 0 Å². The fourth-order valence-corrected chi connectivity index (χ4v) is 5.07. The average Bonchev–Trinajstić information content (AvgIpc) is 3.28. The number of aliphatic carboxylic acids is 4. The molecule has 16 heteroatoms. The number of amides is 2. The van der Waals surface area contributed by atoms with Crippen molar-refractivity contribution < 1.29 is 53.9 Å². The lowest BCUT2D eigenvalue weighted by atomic mass is 10.1. The zero-order chi connectivity index (χ0) is 32.7. The Bertz CT molecular complexity index is 1510. The number of carbonyl (C=O) groups is 6. The minimum Gasteiger partial charge on any atom is -0.492 e. The van der Waals surface area contributed by atoms with Gasteiger partial charge in [-0.2, -0.15) is 0 Å². The summed E-state index contributed by atoms with van der Waals surface area (Å²) in [5, 5.41) is 38.7. The van der Waals surface area contributed by atoms with Gasteiger partial charge in [-0.1, -0.05) is 6.07 Å². The van der Waals surface area contributed by atoms with Gasteiger partial charge >= 0.3 is 23.9 Å². The Hall–Kier alpha value is -5.22. The molecule has 0 radical (unpaired) electrons. The largest absolute Gasteiger partial charge is 0.492 e. The van der Waals surface area contributed by atoms with Gasteiger partial charge in [-0.3, -0.25) is 53.4 Å².